The summed E-state index contributed by atoms with van der Waals surface area (Å²) in [6.07, 6.45) is 17.4. The number of carbonyl (C=O) groups is 2. The van der Waals surface area contributed by atoms with Gasteiger partial charge in [-0.15, -0.1) is 0 Å². The van der Waals surface area contributed by atoms with Crippen molar-refractivity contribution in [3.63, 3.8) is 0 Å². The molecule has 0 N–H and O–H groups in total. The van der Waals surface area contributed by atoms with Crippen molar-refractivity contribution in [3.05, 3.63) is 23.7 Å². The Balaban J connectivity index is 2.57. The molecule has 190 valence electrons. The first-order valence-electron chi connectivity index (χ1n) is 13.5. The van der Waals surface area contributed by atoms with E-state index in [0.717, 1.165) is 51.4 Å². The minimum atomic E-state index is -0.578. The van der Waals surface area contributed by atoms with Gasteiger partial charge in [-0.1, -0.05) is 91.9 Å². The minimum absolute atomic E-state index is 0.0452. The van der Waals surface area contributed by atoms with E-state index < -0.39 is 11.9 Å². The van der Waals surface area contributed by atoms with E-state index in [-0.39, 0.29) is 11.3 Å². The molecule has 0 aliphatic rings. The summed E-state index contributed by atoms with van der Waals surface area (Å²) in [7, 11) is 0. The van der Waals surface area contributed by atoms with Crippen LogP contribution in [0.4, 0.5) is 0 Å². The second kappa shape index (κ2) is 18.6. The highest BCUT2D eigenvalue weighted by molar-refractivity contribution is 6.01. The van der Waals surface area contributed by atoms with E-state index in [1.165, 1.54) is 50.9 Å². The molecule has 0 bridgehead atoms. The summed E-state index contributed by atoms with van der Waals surface area (Å²) in [5.41, 5.74) is 0.163. The van der Waals surface area contributed by atoms with Crippen molar-refractivity contribution in [2.75, 3.05) is 13.2 Å². The molecule has 0 aliphatic heterocycles. The normalized spacial score (nSPS) is 13.0. The van der Waals surface area contributed by atoms with Gasteiger partial charge in [-0.05, 0) is 43.6 Å². The lowest BCUT2D eigenvalue weighted by Gasteiger charge is -2.17. The van der Waals surface area contributed by atoms with Crippen molar-refractivity contribution < 1.29 is 23.5 Å². The zero-order valence-corrected chi connectivity index (χ0v) is 21.7. The predicted molar refractivity (Wildman–Crippen MR) is 134 cm³/mol. The maximum atomic E-state index is 12.7. The van der Waals surface area contributed by atoms with Crippen LogP contribution in [-0.4, -0.2) is 25.2 Å². The number of unbranched alkanes of at least 4 members (excludes halogenated alkanes) is 6. The van der Waals surface area contributed by atoms with Crippen molar-refractivity contribution in [3.8, 4) is 0 Å². The second-order valence-electron chi connectivity index (χ2n) is 9.37. The van der Waals surface area contributed by atoms with Crippen LogP contribution >= 0.6 is 0 Å². The van der Waals surface area contributed by atoms with Gasteiger partial charge in [-0.3, -0.25) is 0 Å². The molecular weight excluding hydrogens is 416 g/mol. The SMILES string of the molecule is CCCCCCC(CCC)COC(=O)c1ccoc1C(=O)OCC(CCC)CCCCCC. The van der Waals surface area contributed by atoms with E-state index in [1.54, 1.807) is 0 Å². The molecule has 0 saturated carbocycles. The summed E-state index contributed by atoms with van der Waals surface area (Å²) < 4.78 is 16.5. The maximum Gasteiger partial charge on any atom is 0.375 e. The maximum absolute atomic E-state index is 12.7. The van der Waals surface area contributed by atoms with Gasteiger partial charge in [-0.2, -0.15) is 0 Å². The fraction of sp³-hybridized carbons (Fsp3) is 0.786. The number of furan rings is 1. The average molecular weight is 465 g/mol. The highest BCUT2D eigenvalue weighted by Gasteiger charge is 2.25. The fourth-order valence-electron chi connectivity index (χ4n) is 4.32. The third-order valence-electron chi connectivity index (χ3n) is 6.30. The molecule has 2 atom stereocenters. The van der Waals surface area contributed by atoms with E-state index in [2.05, 4.69) is 27.7 Å². The Morgan fingerprint density at radius 1 is 0.697 bits per heavy atom. The monoisotopic (exact) mass is 464 g/mol. The Hall–Kier alpha value is -1.78. The Morgan fingerprint density at radius 3 is 1.70 bits per heavy atom. The molecule has 1 aromatic rings. The van der Waals surface area contributed by atoms with Crippen molar-refractivity contribution in [1.29, 1.82) is 0 Å². The smallest absolute Gasteiger partial charge is 0.375 e. The van der Waals surface area contributed by atoms with Gasteiger partial charge < -0.3 is 13.9 Å². The third-order valence-corrected chi connectivity index (χ3v) is 6.30. The van der Waals surface area contributed by atoms with Crippen LogP contribution in [0.15, 0.2) is 16.7 Å². The molecule has 5 nitrogen and oxygen atoms in total. The summed E-state index contributed by atoms with van der Waals surface area (Å²) in [4.78, 5) is 25.3. The lowest BCUT2D eigenvalue weighted by molar-refractivity contribution is 0.0350. The summed E-state index contributed by atoms with van der Waals surface area (Å²) in [5.74, 6) is -0.415. The van der Waals surface area contributed by atoms with Crippen LogP contribution in [0, 0.1) is 11.8 Å². The Bertz CT molecular complexity index is 583. The first kappa shape index (κ1) is 29.3. The van der Waals surface area contributed by atoms with Crippen LogP contribution in [0.2, 0.25) is 0 Å². The van der Waals surface area contributed by atoms with Crippen molar-refractivity contribution in [2.45, 2.75) is 118 Å². The van der Waals surface area contributed by atoms with E-state index in [0.29, 0.717) is 25.0 Å². The number of esters is 2. The van der Waals surface area contributed by atoms with E-state index >= 15 is 0 Å². The molecular formula is C28H48O5. The summed E-state index contributed by atoms with van der Waals surface area (Å²) in [5, 5.41) is 0. The van der Waals surface area contributed by atoms with Gasteiger partial charge in [0, 0.05) is 0 Å². The highest BCUT2D eigenvalue weighted by Crippen LogP contribution is 2.21. The highest BCUT2D eigenvalue weighted by atomic mass is 16.5. The summed E-state index contributed by atoms with van der Waals surface area (Å²) in [6, 6.07) is 1.50. The molecule has 0 aliphatic carbocycles. The van der Waals surface area contributed by atoms with Crippen LogP contribution in [0.5, 0.6) is 0 Å². The molecule has 0 fully saturated rings. The average Bonchev–Trinajstić information content (AvgIpc) is 3.31. The number of hydrogen-bond acceptors (Lipinski definition) is 5. The Kier molecular flexibility index (Phi) is 16.5. The number of rotatable bonds is 20. The van der Waals surface area contributed by atoms with Gasteiger partial charge in [0.2, 0.25) is 5.76 Å². The van der Waals surface area contributed by atoms with Gasteiger partial charge in [0.15, 0.2) is 0 Å². The first-order chi connectivity index (χ1) is 16.1. The molecule has 2 unspecified atom stereocenters. The molecule has 0 saturated heterocycles. The predicted octanol–water partition coefficient (Wildman–Crippen LogP) is 8.37. The first-order valence-corrected chi connectivity index (χ1v) is 13.5. The molecule has 0 radical (unpaired) electrons. The fourth-order valence-corrected chi connectivity index (χ4v) is 4.32. The van der Waals surface area contributed by atoms with Crippen molar-refractivity contribution in [2.24, 2.45) is 11.8 Å². The molecule has 1 heterocycles. The lowest BCUT2D eigenvalue weighted by Crippen LogP contribution is -2.18. The van der Waals surface area contributed by atoms with Crippen LogP contribution in [-0.2, 0) is 9.47 Å². The largest absolute Gasteiger partial charge is 0.462 e. The van der Waals surface area contributed by atoms with E-state index in [4.69, 9.17) is 13.9 Å². The number of carbonyl (C=O) groups excluding carboxylic acids is 2. The quantitative estimate of drug-likeness (QED) is 0.143. The van der Waals surface area contributed by atoms with E-state index in [9.17, 15) is 9.59 Å². The third kappa shape index (κ3) is 12.3. The topological polar surface area (TPSA) is 65.7 Å². The molecule has 0 aromatic carbocycles. The molecule has 1 aromatic heterocycles. The standard InChI is InChI=1S/C28H48O5/c1-5-9-11-13-17-23(15-7-3)21-32-27(29)25-19-20-31-26(25)28(30)33-22-24(16-8-4)18-14-12-10-6-2/h19-20,23-24H,5-18,21-22H2,1-4H3. The number of ether oxygens (including phenoxy) is 2. The van der Waals surface area contributed by atoms with Crippen LogP contribution in [0.25, 0.3) is 0 Å². The lowest BCUT2D eigenvalue weighted by atomic mass is 9.97. The van der Waals surface area contributed by atoms with Gasteiger partial charge in [0.1, 0.15) is 5.56 Å². The molecule has 0 amide bonds. The summed E-state index contributed by atoms with van der Waals surface area (Å²) >= 11 is 0. The molecule has 33 heavy (non-hydrogen) atoms. The van der Waals surface area contributed by atoms with Gasteiger partial charge in [0.05, 0.1) is 19.5 Å². The second-order valence-corrected chi connectivity index (χ2v) is 9.37. The minimum Gasteiger partial charge on any atom is -0.462 e. The van der Waals surface area contributed by atoms with Crippen LogP contribution in [0.3, 0.4) is 0 Å². The van der Waals surface area contributed by atoms with E-state index in [1.807, 2.05) is 0 Å². The molecule has 0 spiro atoms. The molecule has 5 heteroatoms. The Labute approximate surface area is 202 Å². The van der Waals surface area contributed by atoms with Gasteiger partial charge >= 0.3 is 11.9 Å². The Morgan fingerprint density at radius 2 is 1.21 bits per heavy atom. The van der Waals surface area contributed by atoms with Crippen molar-refractivity contribution in [1.82, 2.24) is 0 Å². The van der Waals surface area contributed by atoms with Gasteiger partial charge in [0.25, 0.3) is 0 Å². The van der Waals surface area contributed by atoms with Crippen LogP contribution < -0.4 is 0 Å². The number of hydrogen-bond donors (Lipinski definition) is 0. The van der Waals surface area contributed by atoms with Crippen LogP contribution in [0.1, 0.15) is 138 Å². The summed E-state index contributed by atoms with van der Waals surface area (Å²) in [6.45, 7) is 9.46. The zero-order chi connectivity index (χ0) is 24.3. The zero-order valence-electron chi connectivity index (χ0n) is 21.7. The molecule has 1 rings (SSSR count). The van der Waals surface area contributed by atoms with Crippen molar-refractivity contribution >= 4 is 11.9 Å². The van der Waals surface area contributed by atoms with Gasteiger partial charge in [-0.25, -0.2) is 9.59 Å².